The number of anilines is 1. The van der Waals surface area contributed by atoms with Gasteiger partial charge in [0.15, 0.2) is 5.13 Å². The van der Waals surface area contributed by atoms with Gasteiger partial charge >= 0.3 is 6.03 Å². The van der Waals surface area contributed by atoms with Gasteiger partial charge in [0.2, 0.25) is 0 Å². The van der Waals surface area contributed by atoms with Crippen molar-refractivity contribution in [1.29, 1.82) is 0 Å². The molecule has 3 aromatic rings. The number of imidazole rings is 1. The Hall–Kier alpha value is -3.02. The molecule has 1 aliphatic rings. The van der Waals surface area contributed by atoms with Gasteiger partial charge in [0.05, 0.1) is 25.5 Å². The first kappa shape index (κ1) is 22.2. The minimum atomic E-state index is -0.285. The van der Waals surface area contributed by atoms with Crippen LogP contribution in [0.1, 0.15) is 28.1 Å². The predicted molar refractivity (Wildman–Crippen MR) is 120 cm³/mol. The molecule has 11 heteroatoms. The largest absolute Gasteiger partial charge is 0.383 e. The van der Waals surface area contributed by atoms with Gasteiger partial charge in [-0.25, -0.2) is 14.8 Å². The number of urea groups is 1. The second-order valence-corrected chi connectivity index (χ2v) is 8.40. The van der Waals surface area contributed by atoms with Crippen molar-refractivity contribution < 1.29 is 19.1 Å². The average Bonchev–Trinajstić information content (AvgIpc) is 3.57. The van der Waals surface area contributed by atoms with Crippen LogP contribution in [-0.4, -0.2) is 65.8 Å². The molecule has 10 nitrogen and oxygen atoms in total. The summed E-state index contributed by atoms with van der Waals surface area (Å²) in [6, 6.07) is 3.54. The Morgan fingerprint density at radius 3 is 3.06 bits per heavy atom. The number of nitrogens with one attached hydrogen (secondary N) is 2. The van der Waals surface area contributed by atoms with E-state index in [2.05, 4.69) is 20.6 Å². The zero-order valence-electron chi connectivity index (χ0n) is 17.8. The van der Waals surface area contributed by atoms with Crippen molar-refractivity contribution in [2.45, 2.75) is 25.5 Å². The molecule has 0 spiro atoms. The van der Waals surface area contributed by atoms with Crippen LogP contribution in [0.25, 0.3) is 5.65 Å². The van der Waals surface area contributed by atoms with Gasteiger partial charge in [-0.15, -0.1) is 0 Å². The molecule has 1 saturated heterocycles. The van der Waals surface area contributed by atoms with Crippen molar-refractivity contribution in [3.63, 3.8) is 0 Å². The van der Waals surface area contributed by atoms with E-state index in [-0.39, 0.29) is 18.0 Å². The predicted octanol–water partition coefficient (Wildman–Crippen LogP) is 2.06. The lowest BCUT2D eigenvalue weighted by atomic mass is 10.2. The number of methoxy groups -OCH3 is 1. The molecule has 3 amide bonds. The van der Waals surface area contributed by atoms with Crippen LogP contribution in [0.2, 0.25) is 0 Å². The summed E-state index contributed by atoms with van der Waals surface area (Å²) in [5, 5.41) is 6.18. The fourth-order valence-electron chi connectivity index (χ4n) is 3.43. The van der Waals surface area contributed by atoms with Crippen molar-refractivity contribution >= 4 is 34.1 Å². The summed E-state index contributed by atoms with van der Waals surface area (Å²) in [5.74, 6) is -0.240. The van der Waals surface area contributed by atoms with Crippen LogP contribution in [0, 0.1) is 0 Å². The third-order valence-corrected chi connectivity index (χ3v) is 6.11. The van der Waals surface area contributed by atoms with E-state index >= 15 is 0 Å². The topological polar surface area (TPSA) is 110 Å². The van der Waals surface area contributed by atoms with Gasteiger partial charge in [-0.2, -0.15) is 0 Å². The van der Waals surface area contributed by atoms with Gasteiger partial charge in [-0.3, -0.25) is 9.69 Å². The molecule has 2 N–H and O–H groups in total. The molecule has 32 heavy (non-hydrogen) atoms. The van der Waals surface area contributed by atoms with Crippen molar-refractivity contribution in [1.82, 2.24) is 25.0 Å². The molecule has 0 aliphatic carbocycles. The van der Waals surface area contributed by atoms with E-state index in [4.69, 9.17) is 9.47 Å². The Labute approximate surface area is 189 Å². The molecule has 0 aromatic carbocycles. The number of aromatic nitrogens is 3. The first-order valence-corrected chi connectivity index (χ1v) is 11.3. The van der Waals surface area contributed by atoms with Crippen molar-refractivity contribution in [3.05, 3.63) is 47.4 Å². The minimum absolute atomic E-state index is 0.0394. The Morgan fingerprint density at radius 2 is 2.25 bits per heavy atom. The molecular weight excluding hydrogens is 432 g/mol. The highest BCUT2D eigenvalue weighted by Crippen LogP contribution is 2.25. The van der Waals surface area contributed by atoms with Crippen LogP contribution in [-0.2, 0) is 16.0 Å². The number of hydrogen-bond donors (Lipinski definition) is 2. The van der Waals surface area contributed by atoms with Crippen LogP contribution in [0.4, 0.5) is 9.93 Å². The van der Waals surface area contributed by atoms with Gasteiger partial charge in [0, 0.05) is 45.4 Å². The Bertz CT molecular complexity index is 1060. The number of thiazole rings is 1. The molecule has 4 heterocycles. The zero-order valence-corrected chi connectivity index (χ0v) is 18.6. The number of pyridine rings is 1. The molecule has 4 rings (SSSR count). The lowest BCUT2D eigenvalue weighted by molar-refractivity contribution is 0.0954. The monoisotopic (exact) mass is 458 g/mol. The second-order valence-electron chi connectivity index (χ2n) is 7.39. The van der Waals surface area contributed by atoms with Gasteiger partial charge in [-0.1, -0.05) is 17.4 Å². The average molecular weight is 459 g/mol. The van der Waals surface area contributed by atoms with E-state index in [0.29, 0.717) is 42.9 Å². The summed E-state index contributed by atoms with van der Waals surface area (Å²) in [7, 11) is 1.58. The van der Waals surface area contributed by atoms with Gasteiger partial charge < -0.3 is 24.5 Å². The highest BCUT2D eigenvalue weighted by atomic mass is 32.1. The van der Waals surface area contributed by atoms with Gasteiger partial charge in [0.1, 0.15) is 10.5 Å². The number of carbonyl (C=O) groups excluding carboxylic acids is 2. The molecule has 0 radical (unpaired) electrons. The van der Waals surface area contributed by atoms with Crippen LogP contribution in [0.5, 0.6) is 0 Å². The summed E-state index contributed by atoms with van der Waals surface area (Å²) >= 11 is 1.18. The molecule has 1 aliphatic heterocycles. The van der Waals surface area contributed by atoms with Crippen LogP contribution in [0.15, 0.2) is 36.9 Å². The van der Waals surface area contributed by atoms with Crippen molar-refractivity contribution in [2.75, 3.05) is 38.3 Å². The summed E-state index contributed by atoms with van der Waals surface area (Å²) in [6.07, 6.45) is 8.83. The van der Waals surface area contributed by atoms with Crippen LogP contribution < -0.4 is 15.5 Å². The van der Waals surface area contributed by atoms with E-state index in [1.165, 1.54) is 17.5 Å². The maximum Gasteiger partial charge on any atom is 0.323 e. The lowest BCUT2D eigenvalue weighted by Crippen LogP contribution is -2.44. The Balaban J connectivity index is 1.40. The molecular formula is C21H26N6O4S. The smallest absolute Gasteiger partial charge is 0.323 e. The maximum absolute atomic E-state index is 12.7. The zero-order chi connectivity index (χ0) is 22.3. The fraction of sp³-hybridized carbons (Fsp3) is 0.429. The van der Waals surface area contributed by atoms with Crippen LogP contribution >= 0.6 is 11.3 Å². The molecule has 0 saturated carbocycles. The normalized spacial score (nSPS) is 15.7. The number of amides is 3. The van der Waals surface area contributed by atoms with Crippen molar-refractivity contribution in [2.24, 2.45) is 0 Å². The highest BCUT2D eigenvalue weighted by Gasteiger charge is 2.26. The standard InChI is InChI=1S/C21H26N6O4S/c1-30-10-7-23-20(29)27(14-16-3-2-9-31-16)21-25-12-17(32-21)19(28)24-11-15-4-5-18-22-6-8-26(18)13-15/h4-6,8,12-13,16H,2-3,7,9-11,14H2,1H3,(H,23,29)(H,24,28)/t16-/m0/s1. The maximum atomic E-state index is 12.7. The highest BCUT2D eigenvalue weighted by molar-refractivity contribution is 7.17. The quantitative estimate of drug-likeness (QED) is 0.475. The van der Waals surface area contributed by atoms with Gasteiger partial charge in [0.25, 0.3) is 5.91 Å². The summed E-state index contributed by atoms with van der Waals surface area (Å²) in [6.45, 7) is 2.25. The van der Waals surface area contributed by atoms with Crippen LogP contribution in [0.3, 0.4) is 0 Å². The third kappa shape index (κ3) is 5.42. The number of fused-ring (bicyclic) bond motifs is 1. The number of rotatable bonds is 9. The molecule has 3 aromatic heterocycles. The molecule has 170 valence electrons. The molecule has 0 bridgehead atoms. The van der Waals surface area contributed by atoms with E-state index in [0.717, 1.165) is 24.1 Å². The molecule has 0 unspecified atom stereocenters. The minimum Gasteiger partial charge on any atom is -0.383 e. The lowest BCUT2D eigenvalue weighted by Gasteiger charge is -2.23. The summed E-state index contributed by atoms with van der Waals surface area (Å²) < 4.78 is 12.6. The third-order valence-electron chi connectivity index (χ3n) is 5.09. The molecule has 1 atom stereocenters. The Kier molecular flexibility index (Phi) is 7.30. The second kappa shape index (κ2) is 10.5. The number of hydrogen-bond acceptors (Lipinski definition) is 7. The first-order valence-electron chi connectivity index (χ1n) is 10.5. The summed E-state index contributed by atoms with van der Waals surface area (Å²) in [5.41, 5.74) is 1.80. The molecule has 1 fully saturated rings. The number of carbonyl (C=O) groups is 2. The van der Waals surface area contributed by atoms with Gasteiger partial charge in [-0.05, 0) is 24.5 Å². The van der Waals surface area contributed by atoms with Crippen molar-refractivity contribution in [3.8, 4) is 0 Å². The number of ether oxygens (including phenoxy) is 2. The SMILES string of the molecule is COCCNC(=O)N(C[C@@H]1CCCO1)c1ncc(C(=O)NCc2ccc3nccn3c2)s1. The fourth-order valence-corrected chi connectivity index (χ4v) is 4.27. The van der Waals surface area contributed by atoms with E-state index in [1.54, 1.807) is 18.2 Å². The van der Waals surface area contributed by atoms with E-state index in [9.17, 15) is 9.59 Å². The number of nitrogens with zero attached hydrogens (tertiary/aromatic N) is 4. The summed E-state index contributed by atoms with van der Waals surface area (Å²) in [4.78, 5) is 35.9. The Morgan fingerprint density at radius 1 is 1.34 bits per heavy atom. The van der Waals surface area contributed by atoms with E-state index in [1.807, 2.05) is 28.9 Å². The first-order chi connectivity index (χ1) is 15.6. The van der Waals surface area contributed by atoms with E-state index < -0.39 is 0 Å².